The van der Waals surface area contributed by atoms with Crippen LogP contribution in [0.5, 0.6) is 0 Å². The lowest BCUT2D eigenvalue weighted by atomic mass is 9.98. The van der Waals surface area contributed by atoms with Crippen molar-refractivity contribution in [2.75, 3.05) is 20.1 Å². The Labute approximate surface area is 207 Å². The number of benzene rings is 1. The molecule has 0 saturated heterocycles. The molecule has 35 heavy (non-hydrogen) atoms. The van der Waals surface area contributed by atoms with Crippen LogP contribution in [0.3, 0.4) is 0 Å². The predicted octanol–water partition coefficient (Wildman–Crippen LogP) is 4.55. The summed E-state index contributed by atoms with van der Waals surface area (Å²) in [6, 6.07) is 9.43. The van der Waals surface area contributed by atoms with E-state index >= 15 is 0 Å². The second-order valence-corrected chi connectivity index (χ2v) is 12.5. The van der Waals surface area contributed by atoms with Crippen molar-refractivity contribution in [3.8, 4) is 0 Å². The highest BCUT2D eigenvalue weighted by molar-refractivity contribution is 7.54. The summed E-state index contributed by atoms with van der Waals surface area (Å²) in [4.78, 5) is 35.1. The minimum atomic E-state index is -4.06. The molecule has 1 aromatic rings. The number of carbonyl (C=O) groups is 3. The zero-order valence-electron chi connectivity index (χ0n) is 21.4. The summed E-state index contributed by atoms with van der Waals surface area (Å²) in [7, 11) is -4.06. The van der Waals surface area contributed by atoms with Crippen LogP contribution in [-0.4, -0.2) is 54.4 Å². The maximum absolute atomic E-state index is 13.9. The summed E-state index contributed by atoms with van der Waals surface area (Å²) < 4.78 is 35.1. The third-order valence-corrected chi connectivity index (χ3v) is 7.28. The summed E-state index contributed by atoms with van der Waals surface area (Å²) >= 11 is 0. The minimum absolute atomic E-state index is 0.0553. The van der Waals surface area contributed by atoms with Gasteiger partial charge >= 0.3 is 19.5 Å². The van der Waals surface area contributed by atoms with Crippen LogP contribution in [-0.2, 0) is 43.9 Å². The van der Waals surface area contributed by atoms with Gasteiger partial charge in [-0.25, -0.2) is 5.06 Å². The Kier molecular flexibility index (Phi) is 12.1. The number of hydrogen-bond acceptors (Lipinski definition) is 9. The van der Waals surface area contributed by atoms with Crippen LogP contribution < -0.4 is 0 Å². The Morgan fingerprint density at radius 2 is 1.43 bits per heavy atom. The van der Waals surface area contributed by atoms with Gasteiger partial charge in [-0.15, -0.1) is 0 Å². The Hall–Kier alpha value is -2.26. The fourth-order valence-corrected chi connectivity index (χ4v) is 4.53. The monoisotopic (exact) mass is 515 g/mol. The molecule has 1 unspecified atom stereocenters. The molecule has 0 spiro atoms. The number of esters is 2. The largest absolute Gasteiger partial charge is 0.438 e. The number of hydroxylamine groups is 2. The van der Waals surface area contributed by atoms with Crippen molar-refractivity contribution >= 4 is 25.9 Å². The van der Waals surface area contributed by atoms with Crippen LogP contribution in [0, 0.1) is 10.8 Å². The van der Waals surface area contributed by atoms with Gasteiger partial charge in [-0.1, -0.05) is 30.3 Å². The molecular formula is C24H38NO9P. The highest BCUT2D eigenvalue weighted by atomic mass is 31.2. The molecule has 0 radical (unpaired) electrons. The first kappa shape index (κ1) is 30.8. The topological polar surface area (TPSA) is 129 Å². The summed E-state index contributed by atoms with van der Waals surface area (Å²) in [6.45, 7) is 8.56. The fourth-order valence-electron chi connectivity index (χ4n) is 2.76. The van der Waals surface area contributed by atoms with Gasteiger partial charge in [0.1, 0.15) is 0 Å². The van der Waals surface area contributed by atoms with Gasteiger partial charge < -0.3 is 9.47 Å². The highest BCUT2D eigenvalue weighted by Gasteiger charge is 2.38. The first-order chi connectivity index (χ1) is 16.2. The molecule has 1 aromatic carbocycles. The first-order valence-corrected chi connectivity index (χ1v) is 13.0. The number of rotatable bonds is 14. The zero-order valence-corrected chi connectivity index (χ0v) is 22.3. The second-order valence-electron chi connectivity index (χ2n) is 10.1. The van der Waals surface area contributed by atoms with Gasteiger partial charge in [0.25, 0.3) is 0 Å². The summed E-state index contributed by atoms with van der Waals surface area (Å²) in [5, 5.41) is 10.0. The van der Waals surface area contributed by atoms with Crippen LogP contribution >= 0.6 is 7.60 Å². The molecule has 1 atom stereocenters. The molecular weight excluding hydrogens is 477 g/mol. The number of aryl methyl sites for hydroxylation is 1. The Balaban J connectivity index is 3.07. The summed E-state index contributed by atoms with van der Waals surface area (Å²) in [5.74, 6) is -1.13. The van der Waals surface area contributed by atoms with Gasteiger partial charge in [0, 0.05) is 6.54 Å². The van der Waals surface area contributed by atoms with Crippen LogP contribution in [0.2, 0.25) is 0 Å². The number of ether oxygens (including phenoxy) is 2. The van der Waals surface area contributed by atoms with Crippen molar-refractivity contribution in [1.82, 2.24) is 5.06 Å². The predicted molar refractivity (Wildman–Crippen MR) is 128 cm³/mol. The summed E-state index contributed by atoms with van der Waals surface area (Å²) in [6.07, 6.45) is 1.09. The third-order valence-electron chi connectivity index (χ3n) is 4.94. The standard InChI is InChI=1S/C24H38NO9P/c1-23(2,3)21(27)31-17-33-35(30,34-18-32-22(28)24(4,5)6)20(14-15-25(29)16-26)13-12-19-10-8-7-9-11-19/h7-11,16,20,29H,12-15,17-18H2,1-6H3. The molecule has 1 N–H and O–H groups in total. The van der Waals surface area contributed by atoms with Crippen molar-refractivity contribution in [2.24, 2.45) is 10.8 Å². The lowest BCUT2D eigenvalue weighted by Crippen LogP contribution is -2.27. The van der Waals surface area contributed by atoms with E-state index in [2.05, 4.69) is 0 Å². The second kappa shape index (κ2) is 13.7. The van der Waals surface area contributed by atoms with Gasteiger partial charge in [-0.3, -0.25) is 33.2 Å². The molecule has 11 heteroatoms. The molecule has 0 aliphatic heterocycles. The van der Waals surface area contributed by atoms with Gasteiger partial charge in [-0.2, -0.15) is 0 Å². The smallest absolute Gasteiger partial charge is 0.339 e. The van der Waals surface area contributed by atoms with Crippen molar-refractivity contribution in [3.05, 3.63) is 35.9 Å². The molecule has 0 aromatic heterocycles. The zero-order chi connectivity index (χ0) is 26.7. The SMILES string of the molecule is CC(C)(C)C(=O)OCOP(=O)(OCOC(=O)C(C)(C)C)C(CCc1ccccc1)CCN(O)C=O. The van der Waals surface area contributed by atoms with E-state index in [0.29, 0.717) is 17.9 Å². The molecule has 10 nitrogen and oxygen atoms in total. The van der Waals surface area contributed by atoms with Crippen LogP contribution in [0.4, 0.5) is 0 Å². The molecule has 0 aliphatic carbocycles. The van der Waals surface area contributed by atoms with Crippen molar-refractivity contribution in [3.63, 3.8) is 0 Å². The quantitative estimate of drug-likeness (QED) is 0.0947. The molecule has 0 heterocycles. The number of nitrogens with zero attached hydrogens (tertiary/aromatic N) is 1. The molecule has 0 bridgehead atoms. The molecule has 1 rings (SSSR count). The Bertz CT molecular complexity index is 826. The summed E-state index contributed by atoms with van der Waals surface area (Å²) in [5.41, 5.74) is -1.44. The molecule has 0 aliphatic rings. The Morgan fingerprint density at radius 1 is 0.943 bits per heavy atom. The number of amides is 1. The molecule has 0 fully saturated rings. The number of carbonyl (C=O) groups excluding carboxylic acids is 3. The van der Waals surface area contributed by atoms with Crippen molar-refractivity contribution in [1.29, 1.82) is 0 Å². The first-order valence-electron chi connectivity index (χ1n) is 11.4. The van der Waals surface area contributed by atoms with E-state index in [1.807, 2.05) is 30.3 Å². The maximum Gasteiger partial charge on any atom is 0.339 e. The van der Waals surface area contributed by atoms with Crippen LogP contribution in [0.15, 0.2) is 30.3 Å². The maximum atomic E-state index is 13.9. The van der Waals surface area contributed by atoms with E-state index in [0.717, 1.165) is 5.56 Å². The van der Waals surface area contributed by atoms with Crippen molar-refractivity contribution in [2.45, 2.75) is 66.5 Å². The van der Waals surface area contributed by atoms with E-state index in [1.165, 1.54) is 0 Å². The van der Waals surface area contributed by atoms with Gasteiger partial charge in [-0.05, 0) is 66.4 Å². The molecule has 198 valence electrons. The van der Waals surface area contributed by atoms with Gasteiger partial charge in [0.05, 0.1) is 16.5 Å². The number of hydrogen-bond donors (Lipinski definition) is 1. The van der Waals surface area contributed by atoms with Gasteiger partial charge in [0.2, 0.25) is 20.0 Å². The van der Waals surface area contributed by atoms with E-state index < -0.39 is 49.6 Å². The third kappa shape index (κ3) is 11.3. The lowest BCUT2D eigenvalue weighted by Gasteiger charge is -2.28. The van der Waals surface area contributed by atoms with Crippen molar-refractivity contribution < 1.29 is 42.7 Å². The lowest BCUT2D eigenvalue weighted by molar-refractivity contribution is -0.162. The Morgan fingerprint density at radius 3 is 1.86 bits per heavy atom. The van der Waals surface area contributed by atoms with E-state index in [-0.39, 0.29) is 19.4 Å². The molecule has 1 amide bonds. The van der Waals surface area contributed by atoms with E-state index in [1.54, 1.807) is 41.5 Å². The fraction of sp³-hybridized carbons (Fsp3) is 0.625. The van der Waals surface area contributed by atoms with Crippen LogP contribution in [0.1, 0.15) is 59.9 Å². The minimum Gasteiger partial charge on any atom is -0.438 e. The average Bonchev–Trinajstić information content (AvgIpc) is 2.78. The average molecular weight is 516 g/mol. The highest BCUT2D eigenvalue weighted by Crippen LogP contribution is 2.56. The van der Waals surface area contributed by atoms with E-state index in [4.69, 9.17) is 18.5 Å². The normalized spacial score (nSPS) is 13.1. The molecule has 0 saturated carbocycles. The van der Waals surface area contributed by atoms with Crippen LogP contribution in [0.25, 0.3) is 0 Å². The van der Waals surface area contributed by atoms with E-state index in [9.17, 15) is 24.2 Å². The van der Waals surface area contributed by atoms with Gasteiger partial charge in [0.15, 0.2) is 0 Å².